The van der Waals surface area contributed by atoms with Crippen LogP contribution in [-0.4, -0.2) is 26.6 Å². The van der Waals surface area contributed by atoms with Crippen LogP contribution in [0.2, 0.25) is 5.02 Å². The van der Waals surface area contributed by atoms with Crippen molar-refractivity contribution in [3.05, 3.63) is 58.6 Å². The fourth-order valence-electron chi connectivity index (χ4n) is 3.03. The van der Waals surface area contributed by atoms with Crippen molar-refractivity contribution in [2.24, 2.45) is 0 Å². The summed E-state index contributed by atoms with van der Waals surface area (Å²) in [6, 6.07) is 11.9. The second kappa shape index (κ2) is 7.09. The van der Waals surface area contributed by atoms with Gasteiger partial charge >= 0.3 is 0 Å². The van der Waals surface area contributed by atoms with Crippen LogP contribution in [0.3, 0.4) is 0 Å². The minimum absolute atomic E-state index is 0.00685. The molecule has 2 aromatic carbocycles. The van der Waals surface area contributed by atoms with Crippen molar-refractivity contribution in [1.82, 2.24) is 14.8 Å². The van der Waals surface area contributed by atoms with Crippen molar-refractivity contribution in [3.63, 3.8) is 0 Å². The Balaban J connectivity index is 1.63. The lowest BCUT2D eigenvalue weighted by molar-refractivity contribution is -0.125. The largest absolute Gasteiger partial charge is 0.324 e. The molecule has 1 aromatic heterocycles. The van der Waals surface area contributed by atoms with Gasteiger partial charge in [0.1, 0.15) is 6.04 Å². The maximum Gasteiger partial charge on any atom is 0.249 e. The number of nitrogens with zero attached hydrogens (tertiary/aromatic N) is 3. The third-order valence-corrected chi connectivity index (χ3v) is 4.99. The Morgan fingerprint density at radius 3 is 2.64 bits per heavy atom. The number of amides is 2. The van der Waals surface area contributed by atoms with Crippen molar-refractivity contribution < 1.29 is 9.59 Å². The minimum Gasteiger partial charge on any atom is -0.324 e. The Morgan fingerprint density at radius 2 is 1.93 bits per heavy atom. The number of carbonyl (C=O) groups excluding carboxylic acids is 2. The zero-order valence-corrected chi connectivity index (χ0v) is 16.1. The van der Waals surface area contributed by atoms with E-state index in [9.17, 15) is 9.59 Å². The number of rotatable bonds is 3. The molecule has 0 saturated carbocycles. The summed E-state index contributed by atoms with van der Waals surface area (Å²) in [5.74, 6) is 0.0778. The topological polar surface area (TPSA) is 88.9 Å². The van der Waals surface area contributed by atoms with E-state index in [4.69, 9.17) is 11.6 Å². The number of hydrogen-bond acceptors (Lipinski definition) is 4. The summed E-state index contributed by atoms with van der Waals surface area (Å²) in [5.41, 5.74) is 3.64. The fraction of sp³-hybridized carbons (Fsp3) is 0.200. The highest BCUT2D eigenvalue weighted by molar-refractivity contribution is 6.30. The predicted molar refractivity (Wildman–Crippen MR) is 107 cm³/mol. The molecule has 0 saturated heterocycles. The molecule has 0 fully saturated rings. The van der Waals surface area contributed by atoms with E-state index >= 15 is 0 Å². The van der Waals surface area contributed by atoms with Crippen LogP contribution in [0.1, 0.15) is 23.6 Å². The summed E-state index contributed by atoms with van der Waals surface area (Å²) < 4.78 is 1.46. The lowest BCUT2D eigenvalue weighted by Crippen LogP contribution is -2.36. The molecule has 7 nitrogen and oxygen atoms in total. The van der Waals surface area contributed by atoms with E-state index < -0.39 is 6.04 Å². The van der Waals surface area contributed by atoms with E-state index in [0.29, 0.717) is 16.5 Å². The third-order valence-electron chi connectivity index (χ3n) is 4.74. The summed E-state index contributed by atoms with van der Waals surface area (Å²) in [6.07, 6.45) is -0.00685. The molecule has 142 valence electrons. The van der Waals surface area contributed by atoms with E-state index in [1.165, 1.54) is 4.68 Å². The summed E-state index contributed by atoms with van der Waals surface area (Å²) in [6.45, 7) is 3.99. The SMILES string of the molecule is Cc1ccc(NC(=O)C2CC(=O)Nc3nc(-c4ccc(Cl)cc4)nn32)cc1C. The standard InChI is InChI=1S/C20H18ClN5O2/c1-11-3-8-15(9-12(11)2)22-19(28)16-10-17(27)23-20-24-18(25-26(16)20)13-4-6-14(21)7-5-13/h3-9,16H,10H2,1-2H3,(H,22,28)(H,23,24,25,27). The van der Waals surface area contributed by atoms with Crippen molar-refractivity contribution in [2.75, 3.05) is 10.6 Å². The number of hydrogen-bond donors (Lipinski definition) is 2. The fourth-order valence-corrected chi connectivity index (χ4v) is 3.16. The van der Waals surface area contributed by atoms with E-state index in [1.54, 1.807) is 24.3 Å². The van der Waals surface area contributed by atoms with Crippen LogP contribution in [0.15, 0.2) is 42.5 Å². The molecule has 0 aliphatic carbocycles. The zero-order chi connectivity index (χ0) is 19.8. The van der Waals surface area contributed by atoms with Gasteiger partial charge in [-0.2, -0.15) is 4.98 Å². The van der Waals surface area contributed by atoms with Gasteiger partial charge in [-0.05, 0) is 61.4 Å². The van der Waals surface area contributed by atoms with Gasteiger partial charge in [0.15, 0.2) is 5.82 Å². The number of benzene rings is 2. The zero-order valence-electron chi connectivity index (χ0n) is 15.4. The molecule has 3 aromatic rings. The maximum atomic E-state index is 12.9. The number of aryl methyl sites for hydroxylation is 2. The highest BCUT2D eigenvalue weighted by Gasteiger charge is 2.33. The van der Waals surface area contributed by atoms with Gasteiger partial charge in [0.25, 0.3) is 0 Å². The maximum absolute atomic E-state index is 12.9. The Labute approximate surface area is 166 Å². The molecule has 2 N–H and O–H groups in total. The van der Waals surface area contributed by atoms with Crippen molar-refractivity contribution in [1.29, 1.82) is 0 Å². The summed E-state index contributed by atoms with van der Waals surface area (Å²) in [4.78, 5) is 29.3. The number of carbonyl (C=O) groups is 2. The lowest BCUT2D eigenvalue weighted by Gasteiger charge is -2.22. The molecule has 1 atom stereocenters. The van der Waals surface area contributed by atoms with Crippen molar-refractivity contribution in [3.8, 4) is 11.4 Å². The van der Waals surface area contributed by atoms with Gasteiger partial charge in [-0.3, -0.25) is 14.9 Å². The molecular formula is C20H18ClN5O2. The Morgan fingerprint density at radius 1 is 1.18 bits per heavy atom. The number of fused-ring (bicyclic) bond motifs is 1. The molecule has 2 amide bonds. The highest BCUT2D eigenvalue weighted by Crippen LogP contribution is 2.28. The van der Waals surface area contributed by atoms with Gasteiger partial charge in [-0.15, -0.1) is 5.10 Å². The summed E-state index contributed by atoms with van der Waals surface area (Å²) in [7, 11) is 0. The molecule has 8 heteroatoms. The number of halogens is 1. The summed E-state index contributed by atoms with van der Waals surface area (Å²) in [5, 5.41) is 10.6. The first kappa shape index (κ1) is 18.2. The smallest absolute Gasteiger partial charge is 0.249 e. The quantitative estimate of drug-likeness (QED) is 0.707. The van der Waals surface area contributed by atoms with Crippen LogP contribution in [0.4, 0.5) is 11.6 Å². The first-order chi connectivity index (χ1) is 13.4. The highest BCUT2D eigenvalue weighted by atomic mass is 35.5. The Bertz CT molecular complexity index is 1070. The van der Waals surface area contributed by atoms with Gasteiger partial charge in [0, 0.05) is 16.3 Å². The van der Waals surface area contributed by atoms with Crippen molar-refractivity contribution >= 4 is 35.1 Å². The summed E-state index contributed by atoms with van der Waals surface area (Å²) >= 11 is 5.93. The molecule has 0 bridgehead atoms. The van der Waals surface area contributed by atoms with Crippen LogP contribution in [0.5, 0.6) is 0 Å². The molecule has 28 heavy (non-hydrogen) atoms. The molecular weight excluding hydrogens is 378 g/mol. The van der Waals surface area contributed by atoms with E-state index in [2.05, 4.69) is 20.7 Å². The lowest BCUT2D eigenvalue weighted by atomic mass is 10.1. The second-order valence-electron chi connectivity index (χ2n) is 6.77. The number of aromatic nitrogens is 3. The average Bonchev–Trinajstić information content (AvgIpc) is 3.08. The molecule has 4 rings (SSSR count). The van der Waals surface area contributed by atoms with Crippen LogP contribution in [-0.2, 0) is 9.59 Å². The van der Waals surface area contributed by atoms with Crippen LogP contribution in [0, 0.1) is 13.8 Å². The normalized spacial score (nSPS) is 15.7. The molecule has 1 aliphatic rings. The Kier molecular flexibility index (Phi) is 4.60. The number of anilines is 2. The first-order valence-corrected chi connectivity index (χ1v) is 9.19. The van der Waals surface area contributed by atoms with Gasteiger partial charge in [-0.1, -0.05) is 17.7 Å². The van der Waals surface area contributed by atoms with E-state index in [-0.39, 0.29) is 24.2 Å². The minimum atomic E-state index is -0.779. The Hall–Kier alpha value is -3.19. The third kappa shape index (κ3) is 3.48. The van der Waals surface area contributed by atoms with Crippen LogP contribution in [0.25, 0.3) is 11.4 Å². The molecule has 0 spiro atoms. The van der Waals surface area contributed by atoms with Gasteiger partial charge in [0.2, 0.25) is 17.8 Å². The monoisotopic (exact) mass is 395 g/mol. The predicted octanol–water partition coefficient (Wildman–Crippen LogP) is 3.74. The van der Waals surface area contributed by atoms with E-state index in [0.717, 1.165) is 16.7 Å². The van der Waals surface area contributed by atoms with E-state index in [1.807, 2.05) is 32.0 Å². The molecule has 1 unspecified atom stereocenters. The van der Waals surface area contributed by atoms with Crippen molar-refractivity contribution in [2.45, 2.75) is 26.3 Å². The van der Waals surface area contributed by atoms with Gasteiger partial charge in [0.05, 0.1) is 6.42 Å². The molecule has 1 aliphatic heterocycles. The first-order valence-electron chi connectivity index (χ1n) is 8.81. The molecule has 0 radical (unpaired) electrons. The average molecular weight is 396 g/mol. The second-order valence-corrected chi connectivity index (χ2v) is 7.20. The molecule has 2 heterocycles. The number of nitrogens with one attached hydrogen (secondary N) is 2. The van der Waals surface area contributed by atoms with Crippen LogP contribution < -0.4 is 10.6 Å². The van der Waals surface area contributed by atoms with Gasteiger partial charge in [-0.25, -0.2) is 4.68 Å². The van der Waals surface area contributed by atoms with Crippen LogP contribution >= 0.6 is 11.6 Å². The van der Waals surface area contributed by atoms with Gasteiger partial charge < -0.3 is 5.32 Å².